The molecule has 0 amide bonds. The number of anilines is 1. The second-order valence-electron chi connectivity index (χ2n) is 8.08. The highest BCUT2D eigenvalue weighted by Crippen LogP contribution is 2.36. The van der Waals surface area contributed by atoms with Crippen LogP contribution in [-0.2, 0) is 4.74 Å². The van der Waals surface area contributed by atoms with Gasteiger partial charge in [0.2, 0.25) is 0 Å². The van der Waals surface area contributed by atoms with Crippen LogP contribution in [-0.4, -0.2) is 57.6 Å². The van der Waals surface area contributed by atoms with Gasteiger partial charge < -0.3 is 19.7 Å². The number of carbonyl (C=O) groups excluding carboxylic acids is 1. The van der Waals surface area contributed by atoms with Crippen molar-refractivity contribution in [3.63, 3.8) is 0 Å². The lowest BCUT2D eigenvalue weighted by Gasteiger charge is -2.38. The molecule has 2 N–H and O–H groups in total. The van der Waals surface area contributed by atoms with Crippen molar-refractivity contribution < 1.29 is 23.8 Å². The Hall–Kier alpha value is -2.82. The maximum absolute atomic E-state index is 14.3. The zero-order valence-corrected chi connectivity index (χ0v) is 20.2. The minimum Gasteiger partial charge on any atom is -0.477 e. The molecule has 3 aromatic rings. The first-order chi connectivity index (χ1) is 16.3. The molecule has 0 aliphatic carbocycles. The van der Waals surface area contributed by atoms with E-state index in [0.29, 0.717) is 48.4 Å². The van der Waals surface area contributed by atoms with Gasteiger partial charge in [0, 0.05) is 38.0 Å². The number of hydrogen-bond acceptors (Lipinski definition) is 7. The Balaban J connectivity index is 1.54. The number of aromatic amines is 1. The SMILES string of the molecule is CCO[C@H]1CN(c2nc(-c3ncccc3F)c(C(=O)O)s2)CC[C@H]1CC(=O)c1cc(Cl)c(C)[nH]1. The first kappa shape index (κ1) is 24.3. The van der Waals surface area contributed by atoms with Crippen LogP contribution in [0.3, 0.4) is 0 Å². The minimum atomic E-state index is -1.19. The molecule has 0 saturated carbocycles. The van der Waals surface area contributed by atoms with Crippen LogP contribution in [0, 0.1) is 18.7 Å². The molecule has 180 valence electrons. The molecule has 3 aromatic heterocycles. The Morgan fingerprint density at radius 2 is 2.21 bits per heavy atom. The zero-order chi connectivity index (χ0) is 24.4. The second kappa shape index (κ2) is 10.2. The number of nitrogens with zero attached hydrogens (tertiary/aromatic N) is 3. The number of carboxylic acids is 1. The molecule has 1 aliphatic rings. The number of carboxylic acid groups (broad SMARTS) is 1. The molecule has 4 rings (SSSR count). The minimum absolute atomic E-state index is 0.00912. The van der Waals surface area contributed by atoms with Gasteiger partial charge in [0.25, 0.3) is 0 Å². The summed E-state index contributed by atoms with van der Waals surface area (Å²) in [6, 6.07) is 4.30. The van der Waals surface area contributed by atoms with Crippen molar-refractivity contribution >= 4 is 39.8 Å². The summed E-state index contributed by atoms with van der Waals surface area (Å²) >= 11 is 7.06. The number of Topliss-reactive ketones (excluding diaryl/α,β-unsaturated/α-hetero) is 1. The molecule has 0 radical (unpaired) electrons. The van der Waals surface area contributed by atoms with Gasteiger partial charge >= 0.3 is 5.97 Å². The molecular weight excluding hydrogens is 483 g/mol. The van der Waals surface area contributed by atoms with Crippen molar-refractivity contribution in [2.45, 2.75) is 32.8 Å². The molecule has 0 aromatic carbocycles. The monoisotopic (exact) mass is 506 g/mol. The summed E-state index contributed by atoms with van der Waals surface area (Å²) in [4.78, 5) is 38.0. The first-order valence-electron chi connectivity index (χ1n) is 10.9. The molecule has 1 aliphatic heterocycles. The fourth-order valence-corrected chi connectivity index (χ4v) is 5.21. The highest BCUT2D eigenvalue weighted by atomic mass is 35.5. The number of aromatic carboxylic acids is 1. The number of aryl methyl sites for hydroxylation is 1. The Morgan fingerprint density at radius 1 is 1.41 bits per heavy atom. The third kappa shape index (κ3) is 4.98. The fraction of sp³-hybridized carbons (Fsp3) is 0.391. The number of thiazole rings is 1. The fourth-order valence-electron chi connectivity index (χ4n) is 4.12. The second-order valence-corrected chi connectivity index (χ2v) is 9.47. The van der Waals surface area contributed by atoms with E-state index in [4.69, 9.17) is 16.3 Å². The van der Waals surface area contributed by atoms with Crippen molar-refractivity contribution in [1.29, 1.82) is 0 Å². The van der Waals surface area contributed by atoms with Crippen LogP contribution in [0.4, 0.5) is 9.52 Å². The summed E-state index contributed by atoms with van der Waals surface area (Å²) in [5.41, 5.74) is 1.14. The van der Waals surface area contributed by atoms with Gasteiger partial charge in [-0.15, -0.1) is 0 Å². The molecule has 2 atom stereocenters. The van der Waals surface area contributed by atoms with E-state index >= 15 is 0 Å². The zero-order valence-electron chi connectivity index (χ0n) is 18.7. The van der Waals surface area contributed by atoms with E-state index in [1.807, 2.05) is 18.7 Å². The van der Waals surface area contributed by atoms with Crippen LogP contribution in [0.15, 0.2) is 24.4 Å². The summed E-state index contributed by atoms with van der Waals surface area (Å²) in [6.45, 7) is 5.17. The third-order valence-corrected chi connectivity index (χ3v) is 7.34. The van der Waals surface area contributed by atoms with Gasteiger partial charge in [-0.25, -0.2) is 14.2 Å². The smallest absolute Gasteiger partial charge is 0.348 e. The van der Waals surface area contributed by atoms with Gasteiger partial charge in [-0.3, -0.25) is 9.78 Å². The van der Waals surface area contributed by atoms with Crippen molar-refractivity contribution in [3.05, 3.63) is 51.5 Å². The van der Waals surface area contributed by atoms with Crippen molar-refractivity contribution in [3.8, 4) is 11.4 Å². The predicted molar refractivity (Wildman–Crippen MR) is 127 cm³/mol. The van der Waals surface area contributed by atoms with Crippen molar-refractivity contribution in [1.82, 2.24) is 15.0 Å². The quantitative estimate of drug-likeness (QED) is 0.421. The Morgan fingerprint density at radius 3 is 2.85 bits per heavy atom. The summed E-state index contributed by atoms with van der Waals surface area (Å²) in [5, 5.41) is 10.6. The standard InChI is InChI=1S/C23H24ClFN4O4S/c1-3-33-18-11-29(8-6-13(18)9-17(30)16-10-14(24)12(2)27-16)23-28-20(21(34-23)22(31)32)19-15(25)5-4-7-26-19/h4-5,7,10,13,18,27H,3,6,8-9,11H2,1-2H3,(H,31,32)/t13-,18-/m0/s1. The molecule has 11 heteroatoms. The highest BCUT2D eigenvalue weighted by molar-refractivity contribution is 7.17. The summed E-state index contributed by atoms with van der Waals surface area (Å²) in [7, 11) is 0. The number of aromatic nitrogens is 3. The normalized spacial score (nSPS) is 18.3. The number of halogens is 2. The number of pyridine rings is 1. The predicted octanol–water partition coefficient (Wildman–Crippen LogP) is 4.84. The maximum Gasteiger partial charge on any atom is 0.348 e. The van der Waals surface area contributed by atoms with Crippen LogP contribution in [0.2, 0.25) is 5.02 Å². The summed E-state index contributed by atoms with van der Waals surface area (Å²) in [6.07, 6.45) is 2.10. The molecule has 0 bridgehead atoms. The van der Waals surface area contributed by atoms with E-state index in [-0.39, 0.29) is 34.1 Å². The van der Waals surface area contributed by atoms with Crippen LogP contribution in [0.5, 0.6) is 0 Å². The van der Waals surface area contributed by atoms with E-state index < -0.39 is 11.8 Å². The first-order valence-corrected chi connectivity index (χ1v) is 12.1. The van der Waals surface area contributed by atoms with Crippen molar-refractivity contribution in [2.24, 2.45) is 5.92 Å². The lowest BCUT2D eigenvalue weighted by Crippen LogP contribution is -2.46. The molecule has 1 saturated heterocycles. The summed E-state index contributed by atoms with van der Waals surface area (Å²) < 4.78 is 20.3. The summed E-state index contributed by atoms with van der Waals surface area (Å²) in [5.74, 6) is -1.87. The number of rotatable bonds is 8. The topological polar surface area (TPSA) is 108 Å². The van der Waals surface area contributed by atoms with Gasteiger partial charge in [0.05, 0.1) is 16.8 Å². The van der Waals surface area contributed by atoms with Crippen LogP contribution in [0.1, 0.15) is 45.6 Å². The largest absolute Gasteiger partial charge is 0.477 e. The van der Waals surface area contributed by atoms with Gasteiger partial charge in [0.15, 0.2) is 16.7 Å². The van der Waals surface area contributed by atoms with E-state index in [0.717, 1.165) is 17.0 Å². The number of ketones is 1. The average Bonchev–Trinajstić information content (AvgIpc) is 3.39. The van der Waals surface area contributed by atoms with Gasteiger partial charge in [-0.2, -0.15) is 0 Å². The van der Waals surface area contributed by atoms with Crippen LogP contribution in [0.25, 0.3) is 11.4 Å². The number of carbonyl (C=O) groups is 2. The molecule has 1 fully saturated rings. The Bertz CT molecular complexity index is 1190. The van der Waals surface area contributed by atoms with Gasteiger partial charge in [-0.1, -0.05) is 22.9 Å². The lowest BCUT2D eigenvalue weighted by atomic mass is 9.88. The maximum atomic E-state index is 14.3. The van der Waals surface area contributed by atoms with E-state index in [1.54, 1.807) is 6.07 Å². The Labute approximate surface area is 204 Å². The molecular formula is C23H24ClFN4O4S. The number of ether oxygens (including phenoxy) is 1. The third-order valence-electron chi connectivity index (χ3n) is 5.84. The molecule has 4 heterocycles. The number of H-pyrrole nitrogens is 1. The van der Waals surface area contributed by atoms with Crippen LogP contribution < -0.4 is 4.90 Å². The highest BCUT2D eigenvalue weighted by Gasteiger charge is 2.34. The number of hydrogen-bond donors (Lipinski definition) is 2. The average molecular weight is 507 g/mol. The van der Waals surface area contributed by atoms with E-state index in [1.165, 1.54) is 18.3 Å². The molecule has 0 spiro atoms. The van der Waals surface area contributed by atoms with E-state index in [2.05, 4.69) is 15.0 Å². The number of nitrogens with one attached hydrogen (secondary N) is 1. The van der Waals surface area contributed by atoms with Gasteiger partial charge in [-0.05, 0) is 44.4 Å². The van der Waals surface area contributed by atoms with Crippen LogP contribution >= 0.6 is 22.9 Å². The molecule has 8 nitrogen and oxygen atoms in total. The van der Waals surface area contributed by atoms with Gasteiger partial charge in [0.1, 0.15) is 16.3 Å². The lowest BCUT2D eigenvalue weighted by molar-refractivity contribution is 0.0103. The molecule has 0 unspecified atom stereocenters. The van der Waals surface area contributed by atoms with Crippen molar-refractivity contribution in [2.75, 3.05) is 24.6 Å². The Kier molecular flexibility index (Phi) is 7.30. The van der Waals surface area contributed by atoms with E-state index in [9.17, 15) is 19.1 Å². The number of piperidine rings is 1. The molecule has 34 heavy (non-hydrogen) atoms.